The van der Waals surface area contributed by atoms with E-state index in [1.165, 1.54) is 7.11 Å². The largest absolute Gasteiger partial charge is 0.497 e. The van der Waals surface area contributed by atoms with Crippen LogP contribution in [-0.2, 0) is 14.3 Å². The fraction of sp³-hybridized carbons (Fsp3) is 0.533. The maximum atomic E-state index is 12.1. The summed E-state index contributed by atoms with van der Waals surface area (Å²) in [5, 5.41) is 41.2. The molecule has 1 aromatic carbocycles. The van der Waals surface area contributed by atoms with Gasteiger partial charge in [0.05, 0.1) is 19.4 Å². The molecule has 10 heteroatoms. The van der Waals surface area contributed by atoms with E-state index in [0.717, 1.165) is 0 Å². The van der Waals surface area contributed by atoms with Crippen molar-refractivity contribution in [3.63, 3.8) is 0 Å². The minimum Gasteiger partial charge on any atom is -0.497 e. The van der Waals surface area contributed by atoms with E-state index in [9.17, 15) is 25.2 Å². The summed E-state index contributed by atoms with van der Waals surface area (Å²) in [6, 6.07) is 4.77. The average Bonchev–Trinajstić information content (AvgIpc) is 2.62. The molecule has 3 rings (SSSR count). The summed E-state index contributed by atoms with van der Waals surface area (Å²) in [6.45, 7) is -0.609. The van der Waals surface area contributed by atoms with Crippen LogP contribution < -0.4 is 14.8 Å². The van der Waals surface area contributed by atoms with Crippen molar-refractivity contribution in [3.8, 4) is 11.5 Å². The van der Waals surface area contributed by atoms with Crippen LogP contribution in [0.25, 0.3) is 0 Å². The van der Waals surface area contributed by atoms with Crippen molar-refractivity contribution in [2.45, 2.75) is 37.0 Å². The average molecular weight is 357 g/mol. The molecule has 0 bridgehead atoms. The molecular weight excluding hydrogens is 338 g/mol. The van der Waals surface area contributed by atoms with Gasteiger partial charge < -0.3 is 44.7 Å². The van der Waals surface area contributed by atoms with Gasteiger partial charge in [-0.05, 0) is 12.1 Å². The van der Waals surface area contributed by atoms with Gasteiger partial charge in [0.2, 0.25) is 0 Å². The van der Waals surface area contributed by atoms with Crippen molar-refractivity contribution in [2.75, 3.05) is 19.0 Å². The molecule has 2 aliphatic rings. The number of benzene rings is 1. The Kier molecular flexibility index (Phi) is 5.08. The number of carbonyl (C=O) groups is 1. The summed E-state index contributed by atoms with van der Waals surface area (Å²) < 4.78 is 21.0. The summed E-state index contributed by atoms with van der Waals surface area (Å²) in [5.74, 6) is 0.143. The van der Waals surface area contributed by atoms with Crippen LogP contribution in [0.5, 0.6) is 11.5 Å². The summed E-state index contributed by atoms with van der Waals surface area (Å²) in [7, 11) is 1.48. The first kappa shape index (κ1) is 17.9. The molecule has 138 valence electrons. The highest BCUT2D eigenvalue weighted by molar-refractivity contribution is 5.97. The van der Waals surface area contributed by atoms with Gasteiger partial charge in [0.15, 0.2) is 12.0 Å². The number of fused-ring (bicyclic) bond motifs is 1. The molecule has 1 aromatic rings. The molecule has 0 radical (unpaired) electrons. The van der Waals surface area contributed by atoms with Gasteiger partial charge in [-0.1, -0.05) is 0 Å². The van der Waals surface area contributed by atoms with Gasteiger partial charge in [0.25, 0.3) is 12.2 Å². The zero-order chi connectivity index (χ0) is 18.1. The zero-order valence-corrected chi connectivity index (χ0v) is 13.2. The molecule has 0 aliphatic carbocycles. The van der Waals surface area contributed by atoms with E-state index in [1.54, 1.807) is 18.2 Å². The van der Waals surface area contributed by atoms with Crippen LogP contribution >= 0.6 is 0 Å². The van der Waals surface area contributed by atoms with Crippen molar-refractivity contribution >= 4 is 11.6 Å². The van der Waals surface area contributed by atoms with E-state index in [4.69, 9.17) is 18.9 Å². The van der Waals surface area contributed by atoms with Crippen LogP contribution in [0, 0.1) is 0 Å². The Morgan fingerprint density at radius 1 is 1.20 bits per heavy atom. The summed E-state index contributed by atoms with van der Waals surface area (Å²) in [4.78, 5) is 12.1. The van der Waals surface area contributed by atoms with Crippen molar-refractivity contribution < 1.29 is 44.2 Å². The lowest BCUT2D eigenvalue weighted by molar-refractivity contribution is -0.322. The monoisotopic (exact) mass is 357 g/mol. The number of aliphatic hydroxyl groups is 4. The highest BCUT2D eigenvalue weighted by Gasteiger charge is 2.46. The van der Waals surface area contributed by atoms with Gasteiger partial charge >= 0.3 is 0 Å². The van der Waals surface area contributed by atoms with Crippen molar-refractivity contribution in [3.05, 3.63) is 18.2 Å². The molecule has 1 amide bonds. The predicted octanol–water partition coefficient (Wildman–Crippen LogP) is -1.83. The Hall–Kier alpha value is -1.95. The van der Waals surface area contributed by atoms with Gasteiger partial charge in [0.1, 0.15) is 30.2 Å². The molecule has 0 spiro atoms. The second-order valence-electron chi connectivity index (χ2n) is 5.63. The molecular formula is C15H19NO9. The Morgan fingerprint density at radius 2 is 1.96 bits per heavy atom. The van der Waals surface area contributed by atoms with E-state index in [2.05, 4.69) is 5.32 Å². The molecule has 2 heterocycles. The molecule has 1 fully saturated rings. The van der Waals surface area contributed by atoms with Crippen LogP contribution in [0.2, 0.25) is 0 Å². The quantitative estimate of drug-likeness (QED) is 0.420. The number of ether oxygens (including phenoxy) is 4. The van der Waals surface area contributed by atoms with E-state index in [0.29, 0.717) is 11.4 Å². The van der Waals surface area contributed by atoms with Gasteiger partial charge in [-0.3, -0.25) is 4.79 Å². The topological polar surface area (TPSA) is 147 Å². The highest BCUT2D eigenvalue weighted by Crippen LogP contribution is 2.34. The smallest absolute Gasteiger partial charge is 0.294 e. The summed E-state index contributed by atoms with van der Waals surface area (Å²) in [5.41, 5.74) is 0.416. The van der Waals surface area contributed by atoms with E-state index in [-0.39, 0.29) is 5.75 Å². The number of hydrogen-bond donors (Lipinski definition) is 5. The standard InChI is InChI=1S/C15H19NO9/c1-22-6-2-3-7-8(4-6)23-15(13(21)16-7)25-14-12(20)11(19)10(18)9(5-17)24-14/h2-4,9-12,14-15,17-20H,5H2,1H3,(H,16,21)/t9-,10-,11+,12-,14?,15?/m1/s1. The lowest BCUT2D eigenvalue weighted by Crippen LogP contribution is -2.60. The van der Waals surface area contributed by atoms with Crippen LogP contribution in [0.3, 0.4) is 0 Å². The normalized spacial score (nSPS) is 34.7. The first-order chi connectivity index (χ1) is 11.9. The van der Waals surface area contributed by atoms with Gasteiger partial charge in [0, 0.05) is 6.07 Å². The Bertz CT molecular complexity index is 637. The number of amides is 1. The van der Waals surface area contributed by atoms with Crippen molar-refractivity contribution in [1.29, 1.82) is 0 Å². The fourth-order valence-corrected chi connectivity index (χ4v) is 2.58. The third-order valence-electron chi connectivity index (χ3n) is 4.00. The molecule has 25 heavy (non-hydrogen) atoms. The Morgan fingerprint density at radius 3 is 2.64 bits per heavy atom. The predicted molar refractivity (Wildman–Crippen MR) is 80.9 cm³/mol. The molecule has 1 saturated heterocycles. The van der Waals surface area contributed by atoms with Gasteiger partial charge in [-0.25, -0.2) is 0 Å². The number of rotatable bonds is 4. The summed E-state index contributed by atoms with van der Waals surface area (Å²) >= 11 is 0. The van der Waals surface area contributed by atoms with E-state index < -0.39 is 49.5 Å². The number of aliphatic hydroxyl groups excluding tert-OH is 4. The number of anilines is 1. The molecule has 0 aromatic heterocycles. The molecule has 10 nitrogen and oxygen atoms in total. The van der Waals surface area contributed by atoms with Crippen LogP contribution in [0.15, 0.2) is 18.2 Å². The first-order valence-electron chi connectivity index (χ1n) is 7.56. The molecule has 5 N–H and O–H groups in total. The number of nitrogens with one attached hydrogen (secondary N) is 1. The van der Waals surface area contributed by atoms with Crippen molar-refractivity contribution in [2.24, 2.45) is 0 Å². The molecule has 2 unspecified atom stereocenters. The van der Waals surface area contributed by atoms with E-state index >= 15 is 0 Å². The number of carbonyl (C=O) groups excluding carboxylic acids is 1. The number of methoxy groups -OCH3 is 1. The second kappa shape index (κ2) is 7.12. The molecule has 6 atom stereocenters. The van der Waals surface area contributed by atoms with Crippen LogP contribution in [-0.4, -0.2) is 77.0 Å². The van der Waals surface area contributed by atoms with Crippen LogP contribution in [0.1, 0.15) is 0 Å². The molecule has 0 saturated carbocycles. The Labute approximate surface area is 142 Å². The van der Waals surface area contributed by atoms with Crippen LogP contribution in [0.4, 0.5) is 5.69 Å². The third-order valence-corrected chi connectivity index (χ3v) is 4.00. The lowest BCUT2D eigenvalue weighted by atomic mass is 9.99. The zero-order valence-electron chi connectivity index (χ0n) is 13.2. The lowest BCUT2D eigenvalue weighted by Gasteiger charge is -2.40. The van der Waals surface area contributed by atoms with Gasteiger partial charge in [-0.15, -0.1) is 0 Å². The second-order valence-corrected chi connectivity index (χ2v) is 5.63. The fourth-order valence-electron chi connectivity index (χ4n) is 2.58. The highest BCUT2D eigenvalue weighted by atomic mass is 16.8. The number of hydrogen-bond acceptors (Lipinski definition) is 9. The Balaban J connectivity index is 1.74. The maximum Gasteiger partial charge on any atom is 0.294 e. The maximum absolute atomic E-state index is 12.1. The first-order valence-corrected chi connectivity index (χ1v) is 7.56. The SMILES string of the molecule is COc1ccc2c(c1)OC(OC1O[C@H](CO)[C@@H](O)[C@H](O)[C@H]1O)C(=O)N2. The third kappa shape index (κ3) is 3.40. The minimum absolute atomic E-state index is 0.286. The van der Waals surface area contributed by atoms with E-state index in [1.807, 2.05) is 0 Å². The summed E-state index contributed by atoms with van der Waals surface area (Å²) in [6.07, 6.45) is -8.89. The minimum atomic E-state index is -1.64. The molecule has 2 aliphatic heterocycles. The van der Waals surface area contributed by atoms with Crippen molar-refractivity contribution in [1.82, 2.24) is 0 Å². The van der Waals surface area contributed by atoms with Gasteiger partial charge in [-0.2, -0.15) is 0 Å².